The largest absolute Gasteiger partial charge is 0.379 e. The average molecular weight is 500 g/mol. The number of piperidine rings is 1. The first-order valence-electron chi connectivity index (χ1n) is 13.5. The summed E-state index contributed by atoms with van der Waals surface area (Å²) >= 11 is 0. The van der Waals surface area contributed by atoms with Gasteiger partial charge in [0.25, 0.3) is 5.91 Å². The van der Waals surface area contributed by atoms with E-state index in [9.17, 15) is 4.79 Å². The minimum absolute atomic E-state index is 0.0849. The third-order valence-corrected chi connectivity index (χ3v) is 8.70. The molecule has 0 radical (unpaired) electrons. The van der Waals surface area contributed by atoms with E-state index in [1.807, 2.05) is 16.5 Å². The standard InChI is InChI=1S/C30H37N5O2/c1-20-6-5-9-34(15-20)22(3)24-10-21(2)11-26(12-24)35-16-23-7-8-25(13-27(23)29(35)36)30(17-37-18-30)14-28-32-31-19-33(28)4/h7-8,10-13,19-20,22H,5-6,9,14-18H2,1-4H3/t20-,22?/m0/s1. The van der Waals surface area contributed by atoms with Crippen molar-refractivity contribution >= 4 is 11.6 Å². The van der Waals surface area contributed by atoms with E-state index in [1.165, 1.54) is 24.0 Å². The van der Waals surface area contributed by atoms with E-state index in [2.05, 4.69) is 72.3 Å². The topological polar surface area (TPSA) is 63.5 Å². The lowest BCUT2D eigenvalue weighted by Gasteiger charge is -2.41. The number of amides is 1. The molecule has 194 valence electrons. The molecule has 2 saturated heterocycles. The number of carbonyl (C=O) groups excluding carboxylic acids is 1. The summed E-state index contributed by atoms with van der Waals surface area (Å²) in [5.74, 6) is 1.75. The molecule has 2 atom stereocenters. The van der Waals surface area contributed by atoms with Crippen LogP contribution in [0.5, 0.6) is 0 Å². The number of nitrogens with zero attached hydrogens (tertiary/aromatic N) is 5. The van der Waals surface area contributed by atoms with Crippen LogP contribution in [0.2, 0.25) is 0 Å². The number of aromatic nitrogens is 3. The molecule has 2 fully saturated rings. The molecule has 37 heavy (non-hydrogen) atoms. The summed E-state index contributed by atoms with van der Waals surface area (Å²) in [6, 6.07) is 13.4. The highest BCUT2D eigenvalue weighted by Gasteiger charge is 2.43. The zero-order chi connectivity index (χ0) is 25.7. The molecule has 0 N–H and O–H groups in total. The Balaban J connectivity index is 1.26. The maximum atomic E-state index is 13.7. The van der Waals surface area contributed by atoms with Gasteiger partial charge in [-0.3, -0.25) is 9.69 Å². The Hall–Kier alpha value is -3.03. The quantitative estimate of drug-likeness (QED) is 0.497. The van der Waals surface area contributed by atoms with Gasteiger partial charge < -0.3 is 14.2 Å². The second-order valence-corrected chi connectivity index (χ2v) is 11.6. The zero-order valence-corrected chi connectivity index (χ0v) is 22.4. The smallest absolute Gasteiger partial charge is 0.258 e. The van der Waals surface area contributed by atoms with Crippen LogP contribution in [0.1, 0.15) is 71.2 Å². The fraction of sp³-hybridized carbons (Fsp3) is 0.500. The predicted octanol–water partition coefficient (Wildman–Crippen LogP) is 4.59. The molecule has 3 aliphatic heterocycles. The van der Waals surface area contributed by atoms with Gasteiger partial charge in [0.15, 0.2) is 0 Å². The Morgan fingerprint density at radius 1 is 1.19 bits per heavy atom. The van der Waals surface area contributed by atoms with Crippen molar-refractivity contribution in [1.82, 2.24) is 19.7 Å². The molecule has 3 aliphatic rings. The highest BCUT2D eigenvalue weighted by Crippen LogP contribution is 2.39. The summed E-state index contributed by atoms with van der Waals surface area (Å²) in [5.41, 5.74) is 6.36. The molecule has 0 aliphatic carbocycles. The van der Waals surface area contributed by atoms with Crippen molar-refractivity contribution in [1.29, 1.82) is 0 Å². The molecule has 1 amide bonds. The van der Waals surface area contributed by atoms with Gasteiger partial charge in [-0.05, 0) is 79.6 Å². The van der Waals surface area contributed by atoms with Crippen LogP contribution in [0.15, 0.2) is 42.7 Å². The van der Waals surface area contributed by atoms with Gasteiger partial charge >= 0.3 is 0 Å². The van der Waals surface area contributed by atoms with Crippen molar-refractivity contribution < 1.29 is 9.53 Å². The van der Waals surface area contributed by atoms with Crippen LogP contribution in [0, 0.1) is 12.8 Å². The Kier molecular flexibility index (Phi) is 6.16. The number of benzene rings is 2. The molecule has 0 saturated carbocycles. The number of carbonyl (C=O) groups is 1. The van der Waals surface area contributed by atoms with E-state index >= 15 is 0 Å². The molecule has 7 heteroatoms. The maximum Gasteiger partial charge on any atom is 0.258 e. The van der Waals surface area contributed by atoms with Gasteiger partial charge in [-0.2, -0.15) is 0 Å². The van der Waals surface area contributed by atoms with Crippen LogP contribution in [0.3, 0.4) is 0 Å². The second kappa shape index (κ2) is 9.37. The summed E-state index contributed by atoms with van der Waals surface area (Å²) in [6.07, 6.45) is 5.05. The fourth-order valence-electron chi connectivity index (χ4n) is 6.31. The van der Waals surface area contributed by atoms with Gasteiger partial charge in [-0.15, -0.1) is 10.2 Å². The van der Waals surface area contributed by atoms with Gasteiger partial charge in [0.1, 0.15) is 12.2 Å². The first-order chi connectivity index (χ1) is 17.8. The molecule has 1 aromatic heterocycles. The molecule has 0 spiro atoms. The number of anilines is 1. The minimum atomic E-state index is -0.166. The van der Waals surface area contributed by atoms with Crippen LogP contribution < -0.4 is 4.90 Å². The molecule has 4 heterocycles. The summed E-state index contributed by atoms with van der Waals surface area (Å²) in [6.45, 7) is 10.9. The molecule has 6 rings (SSSR count). The Morgan fingerprint density at radius 2 is 2.03 bits per heavy atom. The number of likely N-dealkylation sites (tertiary alicyclic amines) is 1. The lowest BCUT2D eigenvalue weighted by Crippen LogP contribution is -2.49. The number of fused-ring (bicyclic) bond motifs is 1. The molecule has 1 unspecified atom stereocenters. The lowest BCUT2D eigenvalue weighted by atomic mass is 9.75. The fourth-order valence-corrected chi connectivity index (χ4v) is 6.31. The van der Waals surface area contributed by atoms with Crippen molar-refractivity contribution in [2.75, 3.05) is 31.2 Å². The van der Waals surface area contributed by atoms with Crippen LogP contribution >= 0.6 is 0 Å². The van der Waals surface area contributed by atoms with E-state index in [4.69, 9.17) is 4.74 Å². The number of ether oxygens (including phenoxy) is 1. The molecule has 0 bridgehead atoms. The number of hydrogen-bond acceptors (Lipinski definition) is 5. The summed E-state index contributed by atoms with van der Waals surface area (Å²) in [4.78, 5) is 18.3. The summed E-state index contributed by atoms with van der Waals surface area (Å²) in [5, 5.41) is 8.33. The molecule has 7 nitrogen and oxygen atoms in total. The van der Waals surface area contributed by atoms with Crippen molar-refractivity contribution in [3.63, 3.8) is 0 Å². The van der Waals surface area contributed by atoms with E-state index in [0.717, 1.165) is 53.6 Å². The van der Waals surface area contributed by atoms with E-state index in [0.29, 0.717) is 25.8 Å². The van der Waals surface area contributed by atoms with Crippen LogP contribution in [-0.4, -0.2) is 51.9 Å². The second-order valence-electron chi connectivity index (χ2n) is 11.6. The van der Waals surface area contributed by atoms with Gasteiger partial charge in [-0.1, -0.05) is 25.1 Å². The Labute approximate surface area is 219 Å². The number of rotatable bonds is 6. The molecule has 2 aromatic carbocycles. The van der Waals surface area contributed by atoms with Crippen LogP contribution in [0.25, 0.3) is 0 Å². The average Bonchev–Trinajstić information content (AvgIpc) is 3.42. The predicted molar refractivity (Wildman–Crippen MR) is 144 cm³/mol. The monoisotopic (exact) mass is 499 g/mol. The van der Waals surface area contributed by atoms with Crippen molar-refractivity contribution in [3.05, 3.63) is 76.4 Å². The molecular weight excluding hydrogens is 462 g/mol. The SMILES string of the molecule is Cc1cc(C(C)N2CCC[C@H](C)C2)cc(N2Cc3ccc(C4(Cc5nncn5C)COC4)cc3C2=O)c1. The third kappa shape index (κ3) is 4.38. The van der Waals surface area contributed by atoms with Gasteiger partial charge in [0.2, 0.25) is 0 Å². The van der Waals surface area contributed by atoms with Gasteiger partial charge in [0.05, 0.1) is 19.8 Å². The highest BCUT2D eigenvalue weighted by molar-refractivity contribution is 6.10. The molecule has 3 aromatic rings. The lowest BCUT2D eigenvalue weighted by molar-refractivity contribution is -0.0611. The normalized spacial score (nSPS) is 22.1. The van der Waals surface area contributed by atoms with Crippen molar-refractivity contribution in [2.24, 2.45) is 13.0 Å². The van der Waals surface area contributed by atoms with Gasteiger partial charge in [0, 0.05) is 42.7 Å². The first kappa shape index (κ1) is 24.3. The van der Waals surface area contributed by atoms with E-state index in [-0.39, 0.29) is 11.3 Å². The maximum absolute atomic E-state index is 13.7. The minimum Gasteiger partial charge on any atom is -0.379 e. The highest BCUT2D eigenvalue weighted by atomic mass is 16.5. The van der Waals surface area contributed by atoms with E-state index < -0.39 is 0 Å². The van der Waals surface area contributed by atoms with Crippen LogP contribution in [0.4, 0.5) is 5.69 Å². The summed E-state index contributed by atoms with van der Waals surface area (Å²) < 4.78 is 7.63. The van der Waals surface area contributed by atoms with Crippen LogP contribution in [-0.2, 0) is 30.2 Å². The zero-order valence-electron chi connectivity index (χ0n) is 22.4. The van der Waals surface area contributed by atoms with Gasteiger partial charge in [-0.25, -0.2) is 0 Å². The first-order valence-corrected chi connectivity index (χ1v) is 13.5. The van der Waals surface area contributed by atoms with Crippen molar-refractivity contribution in [3.8, 4) is 0 Å². The Morgan fingerprint density at radius 3 is 2.73 bits per heavy atom. The number of hydrogen-bond donors (Lipinski definition) is 0. The Bertz CT molecular complexity index is 1330. The summed E-state index contributed by atoms with van der Waals surface area (Å²) in [7, 11) is 1.97. The third-order valence-electron chi connectivity index (χ3n) is 8.70. The van der Waals surface area contributed by atoms with Crippen molar-refractivity contribution in [2.45, 2.75) is 58.0 Å². The number of aryl methyl sites for hydroxylation is 2. The van der Waals surface area contributed by atoms with E-state index in [1.54, 1.807) is 6.33 Å². The molecular formula is C30H37N5O2.